The van der Waals surface area contributed by atoms with Gasteiger partial charge in [0.05, 0.1) is 0 Å². The molecule has 5 heteroatoms. The topological polar surface area (TPSA) is 38.2 Å². The molecule has 0 bridgehead atoms. The Kier molecular flexibility index (Phi) is 6.33. The van der Waals surface area contributed by atoms with Crippen molar-refractivity contribution in [1.82, 2.24) is 14.9 Å². The van der Waals surface area contributed by atoms with E-state index in [2.05, 4.69) is 21.4 Å². The molecular formula is C15H23N3OS. The molecule has 0 amide bonds. The Morgan fingerprint density at radius 3 is 3.00 bits per heavy atom. The molecule has 1 aliphatic rings. The van der Waals surface area contributed by atoms with Crippen LogP contribution in [-0.4, -0.2) is 52.1 Å². The van der Waals surface area contributed by atoms with E-state index >= 15 is 0 Å². The molecule has 1 aromatic heterocycles. The molecule has 0 aliphatic carbocycles. The monoisotopic (exact) mass is 293 g/mol. The summed E-state index contributed by atoms with van der Waals surface area (Å²) >= 11 is 2.03. The molecule has 110 valence electrons. The normalized spacial score (nSPS) is 17.6. The average Bonchev–Trinajstić information content (AvgIpc) is 2.46. The van der Waals surface area contributed by atoms with Crippen molar-refractivity contribution >= 4 is 11.8 Å². The third kappa shape index (κ3) is 5.13. The summed E-state index contributed by atoms with van der Waals surface area (Å²) in [6.07, 6.45) is 5.75. The first kappa shape index (κ1) is 15.3. The van der Waals surface area contributed by atoms with Crippen LogP contribution in [0.25, 0.3) is 0 Å². The lowest BCUT2D eigenvalue weighted by molar-refractivity contribution is 0.121. The van der Waals surface area contributed by atoms with Crippen molar-refractivity contribution in [3.63, 3.8) is 0 Å². The van der Waals surface area contributed by atoms with Crippen LogP contribution in [0.5, 0.6) is 6.01 Å². The van der Waals surface area contributed by atoms with E-state index in [1.54, 1.807) is 6.20 Å². The molecule has 4 nitrogen and oxygen atoms in total. The van der Waals surface area contributed by atoms with Crippen LogP contribution in [0.4, 0.5) is 0 Å². The van der Waals surface area contributed by atoms with Crippen LogP contribution in [-0.2, 0) is 0 Å². The fraction of sp³-hybridized carbons (Fsp3) is 0.600. The maximum Gasteiger partial charge on any atom is 0.316 e. The highest BCUT2D eigenvalue weighted by Gasteiger charge is 2.18. The van der Waals surface area contributed by atoms with Crippen LogP contribution in [0.15, 0.2) is 24.9 Å². The summed E-state index contributed by atoms with van der Waals surface area (Å²) in [6, 6.07) is 2.37. The number of ether oxygens (including phenoxy) is 1. The predicted octanol–water partition coefficient (Wildman–Crippen LogP) is 2.55. The minimum absolute atomic E-state index is 0.137. The van der Waals surface area contributed by atoms with Gasteiger partial charge in [-0.3, -0.25) is 4.90 Å². The van der Waals surface area contributed by atoms with Crippen LogP contribution in [0.2, 0.25) is 0 Å². The standard InChI is InChI=1S/C15H23N3OS/c1-3-4-5-14(12-18-8-10-20-11-9-18)19-15-16-7-6-13(2)17-15/h3,6-7,14H,1,4-5,8-12H2,2H3. The predicted molar refractivity (Wildman–Crippen MR) is 84.4 cm³/mol. The Morgan fingerprint density at radius 2 is 2.30 bits per heavy atom. The van der Waals surface area contributed by atoms with E-state index in [1.165, 1.54) is 11.5 Å². The van der Waals surface area contributed by atoms with E-state index in [-0.39, 0.29) is 6.10 Å². The van der Waals surface area contributed by atoms with Crippen molar-refractivity contribution in [1.29, 1.82) is 0 Å². The Balaban J connectivity index is 1.93. The summed E-state index contributed by atoms with van der Waals surface area (Å²) in [7, 11) is 0. The Morgan fingerprint density at radius 1 is 1.50 bits per heavy atom. The van der Waals surface area contributed by atoms with Gasteiger partial charge in [-0.15, -0.1) is 6.58 Å². The van der Waals surface area contributed by atoms with Crippen molar-refractivity contribution in [2.24, 2.45) is 0 Å². The van der Waals surface area contributed by atoms with Crippen molar-refractivity contribution in [2.75, 3.05) is 31.1 Å². The van der Waals surface area contributed by atoms with Crippen LogP contribution in [0, 0.1) is 6.92 Å². The Labute approximate surface area is 125 Å². The molecule has 1 fully saturated rings. The zero-order chi connectivity index (χ0) is 14.2. The van der Waals surface area contributed by atoms with Gasteiger partial charge >= 0.3 is 6.01 Å². The maximum absolute atomic E-state index is 5.98. The number of aromatic nitrogens is 2. The second-order valence-corrected chi connectivity index (χ2v) is 6.22. The van der Waals surface area contributed by atoms with Gasteiger partial charge in [0.2, 0.25) is 0 Å². The van der Waals surface area contributed by atoms with Crippen molar-refractivity contribution in [3.8, 4) is 6.01 Å². The van der Waals surface area contributed by atoms with Crippen LogP contribution in [0.1, 0.15) is 18.5 Å². The fourth-order valence-electron chi connectivity index (χ4n) is 2.19. The molecule has 1 atom stereocenters. The smallest absolute Gasteiger partial charge is 0.316 e. The highest BCUT2D eigenvalue weighted by atomic mass is 32.2. The van der Waals surface area contributed by atoms with E-state index in [0.717, 1.165) is 38.2 Å². The Bertz CT molecular complexity index is 421. The SMILES string of the molecule is C=CCCC(CN1CCSCC1)Oc1nccc(C)n1. The lowest BCUT2D eigenvalue weighted by Gasteiger charge is -2.29. The van der Waals surface area contributed by atoms with Crippen molar-refractivity contribution in [3.05, 3.63) is 30.6 Å². The molecule has 1 aromatic rings. The maximum atomic E-state index is 5.98. The average molecular weight is 293 g/mol. The number of rotatable bonds is 7. The third-order valence-corrected chi connectivity index (χ3v) is 4.25. The first-order chi connectivity index (χ1) is 9.78. The largest absolute Gasteiger partial charge is 0.459 e. The molecule has 1 saturated heterocycles. The van der Waals surface area contributed by atoms with Gasteiger partial charge in [0.25, 0.3) is 0 Å². The molecule has 2 rings (SSSR count). The van der Waals surface area contributed by atoms with E-state index in [4.69, 9.17) is 4.74 Å². The third-order valence-electron chi connectivity index (χ3n) is 3.30. The molecule has 0 aromatic carbocycles. The summed E-state index contributed by atoms with van der Waals surface area (Å²) in [6.45, 7) is 8.99. The molecule has 0 N–H and O–H groups in total. The Hall–Kier alpha value is -1.07. The summed E-state index contributed by atoms with van der Waals surface area (Å²) in [5, 5.41) is 0. The van der Waals surface area contributed by atoms with Gasteiger partial charge in [0.1, 0.15) is 6.10 Å². The number of thioether (sulfide) groups is 1. The molecule has 20 heavy (non-hydrogen) atoms. The first-order valence-corrected chi connectivity index (χ1v) is 8.30. The summed E-state index contributed by atoms with van der Waals surface area (Å²) < 4.78 is 5.98. The second-order valence-electron chi connectivity index (χ2n) is 5.00. The number of hydrogen-bond acceptors (Lipinski definition) is 5. The van der Waals surface area contributed by atoms with Gasteiger partial charge in [-0.2, -0.15) is 11.8 Å². The van der Waals surface area contributed by atoms with Crippen molar-refractivity contribution in [2.45, 2.75) is 25.9 Å². The highest BCUT2D eigenvalue weighted by Crippen LogP contribution is 2.14. The molecule has 0 spiro atoms. The molecule has 1 aliphatic heterocycles. The molecule has 2 heterocycles. The molecule has 0 radical (unpaired) electrons. The lowest BCUT2D eigenvalue weighted by Crippen LogP contribution is -2.40. The quantitative estimate of drug-likeness (QED) is 0.722. The minimum atomic E-state index is 0.137. The zero-order valence-electron chi connectivity index (χ0n) is 12.1. The summed E-state index contributed by atoms with van der Waals surface area (Å²) in [5.41, 5.74) is 0.937. The number of aryl methyl sites for hydroxylation is 1. The molecule has 0 saturated carbocycles. The van der Waals surface area contributed by atoms with Crippen molar-refractivity contribution < 1.29 is 4.74 Å². The zero-order valence-corrected chi connectivity index (χ0v) is 12.9. The molecular weight excluding hydrogens is 270 g/mol. The van der Waals surface area contributed by atoms with E-state index in [1.807, 2.05) is 30.8 Å². The van der Waals surface area contributed by atoms with Gasteiger partial charge in [-0.05, 0) is 25.8 Å². The van der Waals surface area contributed by atoms with E-state index < -0.39 is 0 Å². The van der Waals surface area contributed by atoms with Gasteiger partial charge in [0, 0.05) is 43.0 Å². The van der Waals surface area contributed by atoms with Crippen LogP contribution in [0.3, 0.4) is 0 Å². The van der Waals surface area contributed by atoms with Crippen LogP contribution < -0.4 is 4.74 Å². The van der Waals surface area contributed by atoms with Gasteiger partial charge < -0.3 is 4.74 Å². The van der Waals surface area contributed by atoms with E-state index in [0.29, 0.717) is 6.01 Å². The fourth-order valence-corrected chi connectivity index (χ4v) is 3.17. The first-order valence-electron chi connectivity index (χ1n) is 7.15. The summed E-state index contributed by atoms with van der Waals surface area (Å²) in [4.78, 5) is 11.0. The summed E-state index contributed by atoms with van der Waals surface area (Å²) in [5.74, 6) is 2.43. The van der Waals surface area contributed by atoms with Gasteiger partial charge in [-0.25, -0.2) is 9.97 Å². The lowest BCUT2D eigenvalue weighted by atomic mass is 10.2. The molecule has 1 unspecified atom stereocenters. The van der Waals surface area contributed by atoms with Gasteiger partial charge in [-0.1, -0.05) is 6.08 Å². The highest BCUT2D eigenvalue weighted by molar-refractivity contribution is 7.99. The van der Waals surface area contributed by atoms with Gasteiger partial charge in [0.15, 0.2) is 0 Å². The van der Waals surface area contributed by atoms with Crippen LogP contribution >= 0.6 is 11.8 Å². The minimum Gasteiger partial charge on any atom is -0.459 e. The number of hydrogen-bond donors (Lipinski definition) is 0. The second kappa shape index (κ2) is 8.27. The number of allylic oxidation sites excluding steroid dienone is 1. The number of nitrogens with zero attached hydrogens (tertiary/aromatic N) is 3. The van der Waals surface area contributed by atoms with E-state index in [9.17, 15) is 0 Å².